The van der Waals surface area contributed by atoms with Crippen molar-refractivity contribution in [3.63, 3.8) is 0 Å². The largest absolute Gasteiger partial charge is 0.360 e. The van der Waals surface area contributed by atoms with Gasteiger partial charge >= 0.3 is 0 Å². The fourth-order valence-electron chi connectivity index (χ4n) is 2.21. The van der Waals surface area contributed by atoms with Crippen LogP contribution in [0, 0.1) is 12.3 Å². The minimum Gasteiger partial charge on any atom is -0.360 e. The summed E-state index contributed by atoms with van der Waals surface area (Å²) in [5.74, 6) is 1.13. The Labute approximate surface area is 155 Å². The van der Waals surface area contributed by atoms with Crippen molar-refractivity contribution < 1.29 is 14.1 Å². The second-order valence-corrected chi connectivity index (χ2v) is 8.71. The molecule has 0 aromatic carbocycles. The smallest absolute Gasteiger partial charge is 0.235 e. The summed E-state index contributed by atoms with van der Waals surface area (Å²) < 4.78 is 4.88. The van der Waals surface area contributed by atoms with Gasteiger partial charge < -0.3 is 15.2 Å². The van der Waals surface area contributed by atoms with Gasteiger partial charge in [0.15, 0.2) is 5.82 Å². The third-order valence-electron chi connectivity index (χ3n) is 3.36. The lowest BCUT2D eigenvalue weighted by Crippen LogP contribution is -2.37. The normalized spacial score (nSPS) is 12.6. The van der Waals surface area contributed by atoms with Gasteiger partial charge in [-0.25, -0.2) is 0 Å². The second-order valence-electron chi connectivity index (χ2n) is 6.75. The molecule has 136 valence electrons. The number of thiophene rings is 1. The van der Waals surface area contributed by atoms with Crippen molar-refractivity contribution in [2.24, 2.45) is 5.41 Å². The zero-order valence-electron chi connectivity index (χ0n) is 14.8. The van der Waals surface area contributed by atoms with E-state index in [4.69, 9.17) is 4.52 Å². The van der Waals surface area contributed by atoms with Gasteiger partial charge in [0.1, 0.15) is 5.76 Å². The van der Waals surface area contributed by atoms with Crippen LogP contribution in [0.5, 0.6) is 0 Å². The molecule has 0 spiro atoms. The zero-order chi connectivity index (χ0) is 18.4. The SMILES string of the molecule is Cc1cc(NC(=O)CSCC(=O)NC(c2cccs2)C(C)(C)C)no1. The molecular formula is C17H23N3O3S2. The van der Waals surface area contributed by atoms with E-state index >= 15 is 0 Å². The van der Waals surface area contributed by atoms with Crippen LogP contribution < -0.4 is 10.6 Å². The number of carbonyl (C=O) groups is 2. The highest BCUT2D eigenvalue weighted by Crippen LogP contribution is 2.35. The molecular weight excluding hydrogens is 358 g/mol. The standard InChI is InChI=1S/C17H23N3O3S2/c1-11-8-13(20-23-11)18-14(21)9-24-10-15(22)19-16(17(2,3)4)12-6-5-7-25-12/h5-8,16H,9-10H2,1-4H3,(H,19,22)(H,18,20,21). The molecule has 0 radical (unpaired) electrons. The van der Waals surface area contributed by atoms with Crippen molar-refractivity contribution in [1.82, 2.24) is 10.5 Å². The Morgan fingerprint density at radius 1 is 1.32 bits per heavy atom. The second kappa shape index (κ2) is 8.53. The zero-order valence-corrected chi connectivity index (χ0v) is 16.4. The number of nitrogens with one attached hydrogen (secondary N) is 2. The van der Waals surface area contributed by atoms with Gasteiger partial charge in [-0.1, -0.05) is 32.0 Å². The van der Waals surface area contributed by atoms with Crippen LogP contribution in [0.25, 0.3) is 0 Å². The van der Waals surface area contributed by atoms with E-state index in [0.717, 1.165) is 4.88 Å². The quantitative estimate of drug-likeness (QED) is 0.765. The molecule has 0 aliphatic rings. The first-order chi connectivity index (χ1) is 11.8. The Bertz CT molecular complexity index is 705. The first kappa shape index (κ1) is 19.5. The summed E-state index contributed by atoms with van der Waals surface area (Å²) in [6.07, 6.45) is 0. The van der Waals surface area contributed by atoms with E-state index in [0.29, 0.717) is 11.6 Å². The number of hydrogen-bond donors (Lipinski definition) is 2. The topological polar surface area (TPSA) is 84.2 Å². The van der Waals surface area contributed by atoms with Crippen LogP contribution in [-0.2, 0) is 9.59 Å². The average Bonchev–Trinajstić information content (AvgIpc) is 3.15. The van der Waals surface area contributed by atoms with E-state index in [-0.39, 0.29) is 34.8 Å². The van der Waals surface area contributed by atoms with E-state index in [1.165, 1.54) is 11.8 Å². The molecule has 25 heavy (non-hydrogen) atoms. The molecule has 2 rings (SSSR count). The summed E-state index contributed by atoms with van der Waals surface area (Å²) in [6, 6.07) is 5.61. The van der Waals surface area contributed by atoms with Gasteiger partial charge in [-0.2, -0.15) is 0 Å². The molecule has 0 aliphatic carbocycles. The van der Waals surface area contributed by atoms with E-state index in [1.54, 1.807) is 24.3 Å². The van der Waals surface area contributed by atoms with Gasteiger partial charge in [0.25, 0.3) is 0 Å². The highest BCUT2D eigenvalue weighted by Gasteiger charge is 2.28. The Balaban J connectivity index is 1.78. The number of thioether (sulfide) groups is 1. The minimum atomic E-state index is -0.211. The number of anilines is 1. The van der Waals surface area contributed by atoms with Crippen LogP contribution in [0.1, 0.15) is 37.5 Å². The van der Waals surface area contributed by atoms with Gasteiger partial charge in [0.05, 0.1) is 17.5 Å². The minimum absolute atomic E-state index is 0.0486. The average molecular weight is 382 g/mol. The van der Waals surface area contributed by atoms with Crippen molar-refractivity contribution in [2.45, 2.75) is 33.7 Å². The molecule has 2 aromatic heterocycles. The first-order valence-electron chi connectivity index (χ1n) is 7.89. The number of nitrogens with zero attached hydrogens (tertiary/aromatic N) is 1. The predicted octanol–water partition coefficient (Wildman–Crippen LogP) is 3.62. The summed E-state index contributed by atoms with van der Waals surface area (Å²) >= 11 is 2.90. The summed E-state index contributed by atoms with van der Waals surface area (Å²) in [5.41, 5.74) is -0.0899. The molecule has 6 nitrogen and oxygen atoms in total. The molecule has 0 saturated carbocycles. The molecule has 0 fully saturated rings. The summed E-state index contributed by atoms with van der Waals surface area (Å²) in [4.78, 5) is 25.2. The predicted molar refractivity (Wildman–Crippen MR) is 102 cm³/mol. The molecule has 0 aliphatic heterocycles. The molecule has 2 N–H and O–H groups in total. The van der Waals surface area contributed by atoms with Gasteiger partial charge in [0.2, 0.25) is 11.8 Å². The van der Waals surface area contributed by atoms with Crippen LogP contribution in [0.15, 0.2) is 28.1 Å². The maximum absolute atomic E-state index is 12.3. The maximum atomic E-state index is 12.3. The number of aryl methyl sites for hydroxylation is 1. The van der Waals surface area contributed by atoms with Crippen LogP contribution in [0.4, 0.5) is 5.82 Å². The molecule has 2 heterocycles. The Hall–Kier alpha value is -1.80. The Kier molecular flexibility index (Phi) is 6.66. The van der Waals surface area contributed by atoms with Gasteiger partial charge in [-0.05, 0) is 23.8 Å². The Morgan fingerprint density at radius 2 is 2.04 bits per heavy atom. The van der Waals surface area contributed by atoms with E-state index in [9.17, 15) is 9.59 Å². The Morgan fingerprint density at radius 3 is 2.60 bits per heavy atom. The molecule has 0 saturated heterocycles. The third-order valence-corrected chi connectivity index (χ3v) is 5.23. The van der Waals surface area contributed by atoms with Crippen LogP contribution in [-0.4, -0.2) is 28.5 Å². The maximum Gasteiger partial charge on any atom is 0.235 e. The van der Waals surface area contributed by atoms with Gasteiger partial charge in [-0.15, -0.1) is 23.1 Å². The molecule has 2 aromatic rings. The van der Waals surface area contributed by atoms with Gasteiger partial charge in [0, 0.05) is 10.9 Å². The molecule has 1 unspecified atom stereocenters. The lowest BCUT2D eigenvalue weighted by molar-refractivity contribution is -0.120. The number of rotatable bonds is 7. The highest BCUT2D eigenvalue weighted by atomic mass is 32.2. The van der Waals surface area contributed by atoms with Crippen LogP contribution >= 0.6 is 23.1 Å². The van der Waals surface area contributed by atoms with Crippen LogP contribution in [0.2, 0.25) is 0 Å². The van der Waals surface area contributed by atoms with Crippen molar-refractivity contribution in [2.75, 3.05) is 16.8 Å². The first-order valence-corrected chi connectivity index (χ1v) is 9.93. The van der Waals surface area contributed by atoms with E-state index in [2.05, 4.69) is 36.6 Å². The lowest BCUT2D eigenvalue weighted by Gasteiger charge is -2.30. The number of amides is 2. The van der Waals surface area contributed by atoms with Crippen molar-refractivity contribution in [3.8, 4) is 0 Å². The number of hydrogen-bond acceptors (Lipinski definition) is 6. The summed E-state index contributed by atoms with van der Waals surface area (Å²) in [7, 11) is 0. The summed E-state index contributed by atoms with van der Waals surface area (Å²) in [6.45, 7) is 8.04. The molecule has 8 heteroatoms. The molecule has 1 atom stereocenters. The van der Waals surface area contributed by atoms with Crippen molar-refractivity contribution in [3.05, 3.63) is 34.2 Å². The van der Waals surface area contributed by atoms with E-state index in [1.807, 2.05) is 17.5 Å². The van der Waals surface area contributed by atoms with Crippen molar-refractivity contribution in [1.29, 1.82) is 0 Å². The van der Waals surface area contributed by atoms with Crippen LogP contribution in [0.3, 0.4) is 0 Å². The fraction of sp³-hybridized carbons (Fsp3) is 0.471. The summed E-state index contributed by atoms with van der Waals surface area (Å²) in [5, 5.41) is 11.4. The number of aromatic nitrogens is 1. The lowest BCUT2D eigenvalue weighted by atomic mass is 9.86. The van der Waals surface area contributed by atoms with Crippen molar-refractivity contribution >= 4 is 40.7 Å². The highest BCUT2D eigenvalue weighted by molar-refractivity contribution is 8.00. The monoisotopic (exact) mass is 381 g/mol. The molecule has 0 bridgehead atoms. The fourth-order valence-corrected chi connectivity index (χ4v) is 3.86. The van der Waals surface area contributed by atoms with E-state index < -0.39 is 0 Å². The number of carbonyl (C=O) groups excluding carboxylic acids is 2. The molecule has 2 amide bonds. The third kappa shape index (κ3) is 6.21. The van der Waals surface area contributed by atoms with Gasteiger partial charge in [-0.3, -0.25) is 9.59 Å².